The molecule has 0 N–H and O–H groups in total. The Morgan fingerprint density at radius 3 is 2.59 bits per heavy atom. The Morgan fingerprint density at radius 1 is 0.966 bits per heavy atom. The van der Waals surface area contributed by atoms with Gasteiger partial charge >= 0.3 is 0 Å². The van der Waals surface area contributed by atoms with Gasteiger partial charge in [0, 0.05) is 48.5 Å². The second-order valence-corrected chi connectivity index (χ2v) is 9.64. The van der Waals surface area contributed by atoms with Gasteiger partial charge in [-0.2, -0.15) is 0 Å². The number of halogens is 2. The van der Waals surface area contributed by atoms with Crippen molar-refractivity contribution in [3.05, 3.63) is 63.0 Å². The number of nitrogens with zero attached hydrogens (tertiary/aromatic N) is 4. The van der Waals surface area contributed by atoms with E-state index in [1.165, 1.54) is 21.4 Å². The molecule has 1 aliphatic rings. The quantitative estimate of drug-likeness (QED) is 0.371. The highest BCUT2D eigenvalue weighted by atomic mass is 35.5. The predicted octanol–water partition coefficient (Wildman–Crippen LogP) is 6.05. The highest BCUT2D eigenvalue weighted by molar-refractivity contribution is 7.18. The third kappa shape index (κ3) is 3.88. The number of rotatable bonds is 4. The lowest BCUT2D eigenvalue weighted by molar-refractivity contribution is 0.249. The Labute approximate surface area is 187 Å². The van der Waals surface area contributed by atoms with Crippen LogP contribution in [-0.2, 0) is 6.54 Å². The summed E-state index contributed by atoms with van der Waals surface area (Å²) in [5.41, 5.74) is 2.43. The molecule has 1 saturated heterocycles. The van der Waals surface area contributed by atoms with Gasteiger partial charge in [0.2, 0.25) is 0 Å². The average molecular weight is 461 g/mol. The van der Waals surface area contributed by atoms with Crippen molar-refractivity contribution in [3.63, 3.8) is 0 Å². The van der Waals surface area contributed by atoms with Gasteiger partial charge in [-0.05, 0) is 29.1 Å². The van der Waals surface area contributed by atoms with E-state index in [1.54, 1.807) is 29.0 Å². The molecule has 4 heterocycles. The van der Waals surface area contributed by atoms with E-state index in [0.29, 0.717) is 10.0 Å². The zero-order valence-electron chi connectivity index (χ0n) is 15.5. The van der Waals surface area contributed by atoms with Crippen LogP contribution >= 0.6 is 45.9 Å². The third-order valence-electron chi connectivity index (χ3n) is 5.20. The van der Waals surface area contributed by atoms with E-state index in [1.807, 2.05) is 18.2 Å². The molecule has 0 saturated carbocycles. The standard InChI is InChI=1S/C21H18Cl2N4S2/c22-16-4-3-14(10-17(16)23)11-26-5-7-27(8-6-26)20-19-15(18-2-1-9-28-18)12-29-21(19)25-13-24-20/h1-4,9-10,12-13H,5-8,11H2. The second kappa shape index (κ2) is 8.20. The lowest BCUT2D eigenvalue weighted by Gasteiger charge is -2.35. The first-order valence-corrected chi connectivity index (χ1v) is 11.9. The first-order valence-electron chi connectivity index (χ1n) is 9.36. The number of anilines is 1. The van der Waals surface area contributed by atoms with Crippen molar-refractivity contribution in [2.75, 3.05) is 31.1 Å². The van der Waals surface area contributed by atoms with Crippen LogP contribution in [0.25, 0.3) is 20.7 Å². The van der Waals surface area contributed by atoms with Crippen molar-refractivity contribution in [2.45, 2.75) is 6.54 Å². The zero-order valence-corrected chi connectivity index (χ0v) is 18.7. The van der Waals surface area contributed by atoms with Crippen molar-refractivity contribution in [3.8, 4) is 10.4 Å². The van der Waals surface area contributed by atoms with Crippen LogP contribution in [0.1, 0.15) is 5.56 Å². The molecule has 1 aromatic carbocycles. The molecule has 5 rings (SSSR count). The summed E-state index contributed by atoms with van der Waals surface area (Å²) in [6.07, 6.45) is 1.69. The van der Waals surface area contributed by atoms with Crippen molar-refractivity contribution < 1.29 is 0 Å². The van der Waals surface area contributed by atoms with Gasteiger partial charge in [0.25, 0.3) is 0 Å². The van der Waals surface area contributed by atoms with Crippen LogP contribution in [-0.4, -0.2) is 41.0 Å². The van der Waals surface area contributed by atoms with Crippen LogP contribution in [0.3, 0.4) is 0 Å². The molecule has 1 aliphatic heterocycles. The van der Waals surface area contributed by atoms with E-state index in [2.05, 4.69) is 42.7 Å². The van der Waals surface area contributed by atoms with Gasteiger partial charge in [0.15, 0.2) is 0 Å². The summed E-state index contributed by atoms with van der Waals surface area (Å²) in [6, 6.07) is 10.1. The van der Waals surface area contributed by atoms with Gasteiger partial charge in [-0.1, -0.05) is 35.3 Å². The summed E-state index contributed by atoms with van der Waals surface area (Å²) in [6.45, 7) is 4.71. The second-order valence-electron chi connectivity index (χ2n) is 7.02. The Bertz CT molecular complexity index is 1140. The van der Waals surface area contributed by atoms with Crippen LogP contribution in [0.2, 0.25) is 10.0 Å². The van der Waals surface area contributed by atoms with Gasteiger partial charge in [0.05, 0.1) is 15.4 Å². The van der Waals surface area contributed by atoms with Crippen molar-refractivity contribution in [2.24, 2.45) is 0 Å². The molecule has 4 nitrogen and oxygen atoms in total. The maximum atomic E-state index is 6.17. The summed E-state index contributed by atoms with van der Waals surface area (Å²) in [5.74, 6) is 1.05. The molecule has 0 bridgehead atoms. The molecule has 1 fully saturated rings. The van der Waals surface area contributed by atoms with Crippen LogP contribution in [0.15, 0.2) is 47.4 Å². The molecular weight excluding hydrogens is 443 g/mol. The molecule has 0 amide bonds. The SMILES string of the molecule is Clc1ccc(CN2CCN(c3ncnc4scc(-c5cccs5)c34)CC2)cc1Cl. The van der Waals surface area contributed by atoms with E-state index in [0.717, 1.165) is 43.4 Å². The average Bonchev–Trinajstić information content (AvgIpc) is 3.41. The topological polar surface area (TPSA) is 32.3 Å². The summed E-state index contributed by atoms with van der Waals surface area (Å²) < 4.78 is 0. The lowest BCUT2D eigenvalue weighted by Crippen LogP contribution is -2.46. The van der Waals surface area contributed by atoms with Gasteiger partial charge in [0.1, 0.15) is 17.0 Å². The molecule has 0 radical (unpaired) electrons. The molecule has 0 unspecified atom stereocenters. The third-order valence-corrected chi connectivity index (χ3v) is 7.73. The summed E-state index contributed by atoms with van der Waals surface area (Å²) in [7, 11) is 0. The van der Waals surface area contributed by atoms with Crippen molar-refractivity contribution >= 4 is 61.9 Å². The molecule has 29 heavy (non-hydrogen) atoms. The maximum absolute atomic E-state index is 6.17. The first kappa shape index (κ1) is 19.3. The van der Waals surface area contributed by atoms with E-state index in [-0.39, 0.29) is 0 Å². The molecule has 0 spiro atoms. The smallest absolute Gasteiger partial charge is 0.141 e. The van der Waals surface area contributed by atoms with Gasteiger partial charge < -0.3 is 4.90 Å². The fourth-order valence-corrected chi connectivity index (χ4v) is 5.77. The Hall–Kier alpha value is -1.70. The normalized spacial score (nSPS) is 15.3. The Balaban J connectivity index is 1.35. The molecule has 4 aromatic rings. The fourth-order valence-electron chi connectivity index (χ4n) is 3.73. The van der Waals surface area contributed by atoms with Crippen LogP contribution in [0, 0.1) is 0 Å². The van der Waals surface area contributed by atoms with Crippen LogP contribution in [0.5, 0.6) is 0 Å². The maximum Gasteiger partial charge on any atom is 0.141 e. The lowest BCUT2D eigenvalue weighted by atomic mass is 10.1. The summed E-state index contributed by atoms with van der Waals surface area (Å²) >= 11 is 15.7. The Morgan fingerprint density at radius 2 is 1.83 bits per heavy atom. The largest absolute Gasteiger partial charge is 0.353 e. The molecule has 148 valence electrons. The number of piperazine rings is 1. The number of aromatic nitrogens is 2. The highest BCUT2D eigenvalue weighted by Crippen LogP contribution is 2.39. The fraction of sp³-hybridized carbons (Fsp3) is 0.238. The van der Waals surface area contributed by atoms with E-state index in [4.69, 9.17) is 23.2 Å². The number of fused-ring (bicyclic) bond motifs is 1. The molecule has 0 atom stereocenters. The molecule has 3 aromatic heterocycles. The number of thiophene rings is 2. The minimum absolute atomic E-state index is 0.602. The number of hydrogen-bond acceptors (Lipinski definition) is 6. The molecule has 8 heteroatoms. The van der Waals surface area contributed by atoms with E-state index in [9.17, 15) is 0 Å². The van der Waals surface area contributed by atoms with Crippen molar-refractivity contribution in [1.29, 1.82) is 0 Å². The van der Waals surface area contributed by atoms with Gasteiger partial charge in [-0.15, -0.1) is 22.7 Å². The van der Waals surface area contributed by atoms with Crippen LogP contribution < -0.4 is 4.90 Å². The van der Waals surface area contributed by atoms with E-state index < -0.39 is 0 Å². The van der Waals surface area contributed by atoms with Crippen molar-refractivity contribution in [1.82, 2.24) is 14.9 Å². The molecular formula is C21H18Cl2N4S2. The zero-order chi connectivity index (χ0) is 19.8. The first-order chi connectivity index (χ1) is 14.2. The monoisotopic (exact) mass is 460 g/mol. The van der Waals surface area contributed by atoms with Gasteiger partial charge in [-0.3, -0.25) is 4.90 Å². The number of benzene rings is 1. The highest BCUT2D eigenvalue weighted by Gasteiger charge is 2.22. The summed E-state index contributed by atoms with van der Waals surface area (Å²) in [4.78, 5) is 16.3. The minimum atomic E-state index is 0.602. The van der Waals surface area contributed by atoms with Gasteiger partial charge in [-0.25, -0.2) is 9.97 Å². The van der Waals surface area contributed by atoms with E-state index >= 15 is 0 Å². The minimum Gasteiger partial charge on any atom is -0.353 e. The predicted molar refractivity (Wildman–Crippen MR) is 125 cm³/mol. The Kier molecular flexibility index (Phi) is 5.45. The number of hydrogen-bond donors (Lipinski definition) is 0. The summed E-state index contributed by atoms with van der Waals surface area (Å²) in [5, 5.41) is 6.72. The molecule has 0 aliphatic carbocycles. The van der Waals surface area contributed by atoms with Crippen LogP contribution in [0.4, 0.5) is 5.82 Å².